The normalized spacial score (nSPS) is 12.4. The van der Waals surface area contributed by atoms with Crippen molar-refractivity contribution in [3.8, 4) is 0 Å². The van der Waals surface area contributed by atoms with E-state index >= 15 is 0 Å². The van der Waals surface area contributed by atoms with Gasteiger partial charge < -0.3 is 10.8 Å². The zero-order valence-corrected chi connectivity index (χ0v) is 7.05. The predicted octanol–water partition coefficient (Wildman–Crippen LogP) is -0.0620. The summed E-state index contributed by atoms with van der Waals surface area (Å²) < 4.78 is 1.50. The summed E-state index contributed by atoms with van der Waals surface area (Å²) in [6.07, 6.45) is 5.07. The summed E-state index contributed by atoms with van der Waals surface area (Å²) in [5.74, 6) is -1.01. The number of carboxylic acid groups (broad SMARTS) is 1. The minimum Gasteiger partial charge on any atom is -0.480 e. The Hall–Kier alpha value is -1.62. The summed E-state index contributed by atoms with van der Waals surface area (Å²) in [7, 11) is 0. The molecule has 5 heteroatoms. The second kappa shape index (κ2) is 3.86. The molecule has 0 saturated heterocycles. The van der Waals surface area contributed by atoms with Gasteiger partial charge >= 0.3 is 5.97 Å². The topological polar surface area (TPSA) is 81.1 Å². The molecule has 70 valence electrons. The van der Waals surface area contributed by atoms with Crippen molar-refractivity contribution in [1.82, 2.24) is 9.78 Å². The molecule has 5 nitrogen and oxygen atoms in total. The molecule has 0 radical (unpaired) electrons. The highest BCUT2D eigenvalue weighted by Gasteiger charge is 2.12. The molecule has 0 aliphatic heterocycles. The van der Waals surface area contributed by atoms with Crippen LogP contribution in [0.4, 0.5) is 0 Å². The van der Waals surface area contributed by atoms with E-state index in [1.54, 1.807) is 12.4 Å². The molecule has 1 heterocycles. The van der Waals surface area contributed by atoms with E-state index in [1.165, 1.54) is 10.9 Å². The van der Waals surface area contributed by atoms with Crippen molar-refractivity contribution in [1.29, 1.82) is 0 Å². The smallest absolute Gasteiger partial charge is 0.320 e. The highest BCUT2D eigenvalue weighted by atomic mass is 16.4. The number of aromatic nitrogens is 2. The number of carboxylic acids is 1. The summed E-state index contributed by atoms with van der Waals surface area (Å²) in [6, 6.07) is -0.873. The van der Waals surface area contributed by atoms with Crippen molar-refractivity contribution >= 4 is 12.2 Å². The fourth-order valence-corrected chi connectivity index (χ4v) is 0.924. The van der Waals surface area contributed by atoms with Gasteiger partial charge in [0.1, 0.15) is 6.04 Å². The first-order chi connectivity index (χ1) is 6.13. The van der Waals surface area contributed by atoms with Crippen LogP contribution < -0.4 is 5.73 Å². The molecule has 1 rings (SSSR count). The SMILES string of the molecule is C=Cn1cc(CC(N)C(=O)O)cn1. The van der Waals surface area contributed by atoms with E-state index in [4.69, 9.17) is 10.8 Å². The Morgan fingerprint density at radius 3 is 3.08 bits per heavy atom. The first kappa shape index (κ1) is 9.47. The number of hydrogen-bond donors (Lipinski definition) is 2. The van der Waals surface area contributed by atoms with Crippen molar-refractivity contribution in [2.75, 3.05) is 0 Å². The van der Waals surface area contributed by atoms with Crippen LogP contribution in [-0.2, 0) is 11.2 Å². The maximum Gasteiger partial charge on any atom is 0.320 e. The lowest BCUT2D eigenvalue weighted by atomic mass is 10.1. The van der Waals surface area contributed by atoms with Crippen molar-refractivity contribution < 1.29 is 9.90 Å². The van der Waals surface area contributed by atoms with Crippen molar-refractivity contribution in [3.05, 3.63) is 24.5 Å². The molecule has 0 aromatic carbocycles. The standard InChI is InChI=1S/C8H11N3O2/c1-2-11-5-6(4-10-11)3-7(9)8(12)13/h2,4-5,7H,1,3,9H2,(H,12,13). The summed E-state index contributed by atoms with van der Waals surface area (Å²) in [5, 5.41) is 12.4. The van der Waals surface area contributed by atoms with Crippen molar-refractivity contribution in [2.24, 2.45) is 5.73 Å². The quantitative estimate of drug-likeness (QED) is 0.681. The first-order valence-electron chi connectivity index (χ1n) is 3.77. The first-order valence-corrected chi connectivity index (χ1v) is 3.77. The molecule has 1 unspecified atom stereocenters. The molecule has 0 amide bonds. The second-order valence-corrected chi connectivity index (χ2v) is 2.66. The maximum absolute atomic E-state index is 10.4. The van der Waals surface area contributed by atoms with Crippen molar-refractivity contribution in [2.45, 2.75) is 12.5 Å². The third kappa shape index (κ3) is 2.41. The van der Waals surface area contributed by atoms with E-state index in [0.29, 0.717) is 0 Å². The van der Waals surface area contributed by atoms with Crippen LogP contribution in [0.5, 0.6) is 0 Å². The van der Waals surface area contributed by atoms with Gasteiger partial charge in [-0.05, 0) is 5.56 Å². The molecule has 0 saturated carbocycles. The highest BCUT2D eigenvalue weighted by molar-refractivity contribution is 5.73. The van der Waals surface area contributed by atoms with Crippen LogP contribution in [0.25, 0.3) is 6.20 Å². The van der Waals surface area contributed by atoms with E-state index in [-0.39, 0.29) is 6.42 Å². The van der Waals surface area contributed by atoms with Gasteiger partial charge in [-0.25, -0.2) is 4.68 Å². The Morgan fingerprint density at radius 1 is 1.92 bits per heavy atom. The summed E-state index contributed by atoms with van der Waals surface area (Å²) in [4.78, 5) is 10.4. The lowest BCUT2D eigenvalue weighted by Crippen LogP contribution is -2.32. The number of rotatable bonds is 4. The Morgan fingerprint density at radius 2 is 2.62 bits per heavy atom. The van der Waals surface area contributed by atoms with Gasteiger partial charge in [0.05, 0.1) is 6.20 Å². The van der Waals surface area contributed by atoms with Crippen LogP contribution in [0, 0.1) is 0 Å². The molecule has 0 bridgehead atoms. The van der Waals surface area contributed by atoms with Crippen LogP contribution in [0.1, 0.15) is 5.56 Å². The van der Waals surface area contributed by atoms with E-state index in [0.717, 1.165) is 5.56 Å². The second-order valence-electron chi connectivity index (χ2n) is 2.66. The Balaban J connectivity index is 2.63. The van der Waals surface area contributed by atoms with E-state index in [1.807, 2.05) is 0 Å². The lowest BCUT2D eigenvalue weighted by Gasteiger charge is -2.02. The lowest BCUT2D eigenvalue weighted by molar-refractivity contribution is -0.138. The molecule has 0 aliphatic carbocycles. The number of nitrogens with two attached hydrogens (primary N) is 1. The molecule has 13 heavy (non-hydrogen) atoms. The van der Waals surface area contributed by atoms with Gasteiger partial charge in [-0.2, -0.15) is 5.10 Å². The average Bonchev–Trinajstić information content (AvgIpc) is 2.52. The van der Waals surface area contributed by atoms with Crippen LogP contribution in [-0.4, -0.2) is 26.9 Å². The van der Waals surface area contributed by atoms with Crippen LogP contribution in [0.15, 0.2) is 19.0 Å². The number of aliphatic carboxylic acids is 1. The number of hydrogen-bond acceptors (Lipinski definition) is 3. The number of nitrogens with zero attached hydrogens (tertiary/aromatic N) is 2. The van der Waals surface area contributed by atoms with Crippen molar-refractivity contribution in [3.63, 3.8) is 0 Å². The van der Waals surface area contributed by atoms with Crippen LogP contribution in [0.2, 0.25) is 0 Å². The third-order valence-electron chi connectivity index (χ3n) is 1.61. The minimum atomic E-state index is -1.01. The highest BCUT2D eigenvalue weighted by Crippen LogP contribution is 2.01. The van der Waals surface area contributed by atoms with Crippen LogP contribution >= 0.6 is 0 Å². The molecule has 1 aromatic rings. The fourth-order valence-electron chi connectivity index (χ4n) is 0.924. The van der Waals surface area contributed by atoms with E-state index in [2.05, 4.69) is 11.7 Å². The fraction of sp³-hybridized carbons (Fsp3) is 0.250. The van der Waals surface area contributed by atoms with E-state index < -0.39 is 12.0 Å². The zero-order valence-electron chi connectivity index (χ0n) is 7.05. The van der Waals surface area contributed by atoms with Gasteiger partial charge in [-0.1, -0.05) is 6.58 Å². The Labute approximate surface area is 75.5 Å². The zero-order chi connectivity index (χ0) is 9.84. The monoisotopic (exact) mass is 181 g/mol. The van der Waals surface area contributed by atoms with E-state index in [9.17, 15) is 4.79 Å². The molecule has 1 atom stereocenters. The Kier molecular flexibility index (Phi) is 2.81. The molecular weight excluding hydrogens is 170 g/mol. The predicted molar refractivity (Wildman–Crippen MR) is 47.9 cm³/mol. The molecule has 0 aliphatic rings. The van der Waals surface area contributed by atoms with Gasteiger partial charge in [-0.3, -0.25) is 4.79 Å². The largest absolute Gasteiger partial charge is 0.480 e. The molecular formula is C8H11N3O2. The minimum absolute atomic E-state index is 0.281. The molecule has 1 aromatic heterocycles. The third-order valence-corrected chi connectivity index (χ3v) is 1.61. The van der Waals surface area contributed by atoms with Gasteiger partial charge in [0.25, 0.3) is 0 Å². The van der Waals surface area contributed by atoms with Gasteiger partial charge in [-0.15, -0.1) is 0 Å². The molecule has 3 N–H and O–H groups in total. The van der Waals surface area contributed by atoms with Crippen LogP contribution in [0.3, 0.4) is 0 Å². The van der Waals surface area contributed by atoms with Gasteiger partial charge in [0, 0.05) is 18.8 Å². The summed E-state index contributed by atoms with van der Waals surface area (Å²) in [6.45, 7) is 3.51. The summed E-state index contributed by atoms with van der Waals surface area (Å²) >= 11 is 0. The molecule has 0 spiro atoms. The Bertz CT molecular complexity index is 319. The molecule has 0 fully saturated rings. The van der Waals surface area contributed by atoms with Gasteiger partial charge in [0.15, 0.2) is 0 Å². The maximum atomic E-state index is 10.4. The van der Waals surface area contributed by atoms with Gasteiger partial charge in [0.2, 0.25) is 0 Å². The average molecular weight is 181 g/mol. The summed E-state index contributed by atoms with van der Waals surface area (Å²) in [5.41, 5.74) is 6.12. The number of carbonyl (C=O) groups is 1.